The highest BCUT2D eigenvalue weighted by Gasteiger charge is 2.23. The van der Waals surface area contributed by atoms with Crippen LogP contribution in [0, 0.1) is 0 Å². The molecule has 5 heteroatoms. The molecule has 3 rings (SSSR count). The first-order valence-corrected chi connectivity index (χ1v) is 8.35. The lowest BCUT2D eigenvalue weighted by atomic mass is 9.91. The van der Waals surface area contributed by atoms with Crippen molar-refractivity contribution in [2.45, 2.75) is 31.8 Å². The van der Waals surface area contributed by atoms with Gasteiger partial charge < -0.3 is 9.88 Å². The average molecular weight is 343 g/mol. The Morgan fingerprint density at radius 3 is 2.96 bits per heavy atom. The molecule has 1 atom stereocenters. The van der Waals surface area contributed by atoms with Crippen molar-refractivity contribution in [2.75, 3.05) is 0 Å². The van der Waals surface area contributed by atoms with E-state index in [2.05, 4.69) is 11.9 Å². The van der Waals surface area contributed by atoms with Gasteiger partial charge in [0.05, 0.1) is 0 Å². The Hall–Kier alpha value is -2.33. The maximum absolute atomic E-state index is 12.4. The van der Waals surface area contributed by atoms with Gasteiger partial charge in [0.25, 0.3) is 11.5 Å². The lowest BCUT2D eigenvalue weighted by molar-refractivity contribution is 0.0933. The highest BCUT2D eigenvalue weighted by atomic mass is 35.5. The number of fused-ring (bicyclic) bond motifs is 1. The van der Waals surface area contributed by atoms with E-state index in [0.717, 1.165) is 30.5 Å². The van der Waals surface area contributed by atoms with Gasteiger partial charge in [-0.25, -0.2) is 0 Å². The first-order valence-electron chi connectivity index (χ1n) is 7.97. The Balaban J connectivity index is 1.76. The molecule has 0 radical (unpaired) electrons. The van der Waals surface area contributed by atoms with E-state index in [1.54, 1.807) is 41.0 Å². The molecule has 0 saturated carbocycles. The summed E-state index contributed by atoms with van der Waals surface area (Å²) in [6, 6.07) is 10.4. The normalized spacial score (nSPS) is 16.3. The summed E-state index contributed by atoms with van der Waals surface area (Å²) in [7, 11) is 0. The van der Waals surface area contributed by atoms with E-state index >= 15 is 0 Å². The molecule has 1 heterocycles. The molecule has 1 aromatic carbocycles. The smallest absolute Gasteiger partial charge is 0.251 e. The molecular weight excluding hydrogens is 324 g/mol. The van der Waals surface area contributed by atoms with Crippen molar-refractivity contribution in [3.63, 3.8) is 0 Å². The summed E-state index contributed by atoms with van der Waals surface area (Å²) in [5, 5.41) is 3.61. The number of nitrogens with zero attached hydrogens (tertiary/aromatic N) is 1. The van der Waals surface area contributed by atoms with E-state index < -0.39 is 0 Å². The van der Waals surface area contributed by atoms with Crippen LogP contribution in [0.15, 0.2) is 53.8 Å². The predicted molar refractivity (Wildman–Crippen MR) is 95.6 cm³/mol. The Bertz CT molecular complexity index is 842. The highest BCUT2D eigenvalue weighted by molar-refractivity contribution is 6.30. The summed E-state index contributed by atoms with van der Waals surface area (Å²) in [5.41, 5.74) is 2.72. The second-order valence-corrected chi connectivity index (χ2v) is 6.40. The Kier molecular flexibility index (Phi) is 4.86. The van der Waals surface area contributed by atoms with Gasteiger partial charge in [-0.15, -0.1) is 6.58 Å². The Morgan fingerprint density at radius 2 is 2.21 bits per heavy atom. The number of aromatic nitrogens is 1. The van der Waals surface area contributed by atoms with Crippen molar-refractivity contribution in [3.05, 3.63) is 81.3 Å². The van der Waals surface area contributed by atoms with Crippen LogP contribution < -0.4 is 10.9 Å². The van der Waals surface area contributed by atoms with Gasteiger partial charge in [0, 0.05) is 34.9 Å². The molecule has 1 N–H and O–H groups in total. The third kappa shape index (κ3) is 3.44. The maximum atomic E-state index is 12.4. The van der Waals surface area contributed by atoms with Gasteiger partial charge in [-0.05, 0) is 43.0 Å². The topological polar surface area (TPSA) is 51.1 Å². The van der Waals surface area contributed by atoms with Crippen molar-refractivity contribution in [1.29, 1.82) is 0 Å². The molecule has 0 fully saturated rings. The standard InChI is InChI=1S/C19H19ClN2O2/c1-2-10-22-17-8-7-16(12-13(17)6-9-18(22)23)21-19(24)14-4-3-5-15(20)11-14/h2-6,9,11,16H,1,7-8,10,12H2,(H,21,24). The van der Waals surface area contributed by atoms with E-state index in [-0.39, 0.29) is 17.5 Å². The third-order valence-corrected chi connectivity index (χ3v) is 4.55. The van der Waals surface area contributed by atoms with Gasteiger partial charge in [0.15, 0.2) is 0 Å². The Morgan fingerprint density at radius 1 is 1.38 bits per heavy atom. The van der Waals surface area contributed by atoms with Crippen molar-refractivity contribution in [1.82, 2.24) is 9.88 Å². The fourth-order valence-electron chi connectivity index (χ4n) is 3.18. The number of carbonyl (C=O) groups is 1. The fraction of sp³-hybridized carbons (Fsp3) is 0.263. The molecule has 1 amide bonds. The molecule has 1 aliphatic carbocycles. The van der Waals surface area contributed by atoms with Crippen LogP contribution in [0.5, 0.6) is 0 Å². The zero-order valence-corrected chi connectivity index (χ0v) is 14.1. The lowest BCUT2D eigenvalue weighted by Gasteiger charge is -2.27. The molecular formula is C19H19ClN2O2. The van der Waals surface area contributed by atoms with E-state index in [9.17, 15) is 9.59 Å². The molecule has 0 spiro atoms. The first-order chi connectivity index (χ1) is 11.6. The number of benzene rings is 1. The van der Waals surface area contributed by atoms with E-state index in [1.165, 1.54) is 0 Å². The number of hydrogen-bond acceptors (Lipinski definition) is 2. The number of pyridine rings is 1. The molecule has 2 aromatic rings. The number of allylic oxidation sites excluding steroid dienone is 1. The van der Waals surface area contributed by atoms with E-state index in [4.69, 9.17) is 11.6 Å². The quantitative estimate of drug-likeness (QED) is 0.868. The maximum Gasteiger partial charge on any atom is 0.251 e. The van der Waals surface area contributed by atoms with E-state index in [1.807, 2.05) is 6.07 Å². The number of rotatable bonds is 4. The first kappa shape index (κ1) is 16.5. The summed E-state index contributed by atoms with van der Waals surface area (Å²) in [4.78, 5) is 24.4. The molecule has 1 unspecified atom stereocenters. The average Bonchev–Trinajstić information content (AvgIpc) is 2.57. The lowest BCUT2D eigenvalue weighted by Crippen LogP contribution is -2.40. The van der Waals surface area contributed by atoms with Gasteiger partial charge in [-0.3, -0.25) is 9.59 Å². The summed E-state index contributed by atoms with van der Waals surface area (Å²) in [5.74, 6) is -0.120. The van der Waals surface area contributed by atoms with Gasteiger partial charge in [-0.2, -0.15) is 0 Å². The van der Waals surface area contributed by atoms with Gasteiger partial charge in [-0.1, -0.05) is 29.8 Å². The van der Waals surface area contributed by atoms with Crippen LogP contribution in [0.25, 0.3) is 0 Å². The zero-order valence-electron chi connectivity index (χ0n) is 13.3. The van der Waals surface area contributed by atoms with Gasteiger partial charge in [0.1, 0.15) is 0 Å². The monoisotopic (exact) mass is 342 g/mol. The molecule has 0 aliphatic heterocycles. The van der Waals surface area contributed by atoms with Gasteiger partial charge >= 0.3 is 0 Å². The highest BCUT2D eigenvalue weighted by Crippen LogP contribution is 2.21. The summed E-state index contributed by atoms with van der Waals surface area (Å²) in [6.45, 7) is 4.23. The SMILES string of the molecule is C=CCn1c2c(ccc1=O)CC(NC(=O)c1cccc(Cl)c1)CC2. The summed E-state index contributed by atoms with van der Waals surface area (Å²) < 4.78 is 1.76. The molecule has 1 aromatic heterocycles. The van der Waals surface area contributed by atoms with Crippen LogP contribution in [0.3, 0.4) is 0 Å². The number of nitrogens with one attached hydrogen (secondary N) is 1. The second-order valence-electron chi connectivity index (χ2n) is 5.97. The van der Waals surface area contributed by atoms with Crippen LogP contribution in [-0.2, 0) is 19.4 Å². The molecule has 24 heavy (non-hydrogen) atoms. The van der Waals surface area contributed by atoms with Crippen LogP contribution >= 0.6 is 11.6 Å². The molecule has 124 valence electrons. The van der Waals surface area contributed by atoms with Crippen molar-refractivity contribution >= 4 is 17.5 Å². The zero-order chi connectivity index (χ0) is 17.1. The van der Waals surface area contributed by atoms with Crippen LogP contribution in [0.1, 0.15) is 28.0 Å². The van der Waals surface area contributed by atoms with Crippen LogP contribution in [0.2, 0.25) is 5.02 Å². The summed E-state index contributed by atoms with van der Waals surface area (Å²) in [6.07, 6.45) is 4.02. The number of carbonyl (C=O) groups excluding carboxylic acids is 1. The van der Waals surface area contributed by atoms with E-state index in [0.29, 0.717) is 17.1 Å². The van der Waals surface area contributed by atoms with Crippen molar-refractivity contribution < 1.29 is 4.79 Å². The Labute approximate surface area is 145 Å². The minimum Gasteiger partial charge on any atom is -0.349 e. The predicted octanol–water partition coefficient (Wildman–Crippen LogP) is 2.98. The molecule has 1 aliphatic rings. The summed E-state index contributed by atoms with van der Waals surface area (Å²) >= 11 is 5.94. The third-order valence-electron chi connectivity index (χ3n) is 4.32. The van der Waals surface area contributed by atoms with Crippen LogP contribution in [0.4, 0.5) is 0 Å². The molecule has 0 saturated heterocycles. The fourth-order valence-corrected chi connectivity index (χ4v) is 3.37. The van der Waals surface area contributed by atoms with Gasteiger partial charge in [0.2, 0.25) is 0 Å². The van der Waals surface area contributed by atoms with Crippen LogP contribution in [-0.4, -0.2) is 16.5 Å². The molecule has 0 bridgehead atoms. The second kappa shape index (κ2) is 7.05. The minimum absolute atomic E-state index is 0.00457. The largest absolute Gasteiger partial charge is 0.349 e. The van der Waals surface area contributed by atoms with Crippen molar-refractivity contribution in [2.24, 2.45) is 0 Å². The number of hydrogen-bond donors (Lipinski definition) is 1. The molecule has 4 nitrogen and oxygen atoms in total. The minimum atomic E-state index is -0.120. The van der Waals surface area contributed by atoms with Crippen molar-refractivity contribution in [3.8, 4) is 0 Å². The number of halogens is 1. The number of amides is 1.